The van der Waals surface area contributed by atoms with E-state index in [-0.39, 0.29) is 53.1 Å². The molecule has 3 heterocycles. The number of nitrogens with zero attached hydrogens (tertiary/aromatic N) is 4. The standard InChI is InChI=1S/C35H53ClN4O4.H3O4P/c1-23(2)32(41)40(27-13-7-24(3)8-14-27)28-19-31(34(43)37-15-17-44-18-16-37)39(20-28)33(42)30-22-38(35(4,5)6)21-29(30)25-9-11-26(36)12-10-25;1-5(2,3)4/h9-12,23-24,27-31H,7-8,13-22H2,1-6H3;(H3,1,2,3,4)/t24?,27?,28-,29-,30+,31-;/m0./s1. The van der Waals surface area contributed by atoms with Crippen LogP contribution in [0.1, 0.15) is 85.1 Å². The topological polar surface area (TPSA) is 151 Å². The van der Waals surface area contributed by atoms with E-state index in [1.165, 1.54) is 0 Å². The van der Waals surface area contributed by atoms with Gasteiger partial charge in [0.2, 0.25) is 17.7 Å². The Bertz CT molecular complexity index is 1330. The Morgan fingerprint density at radius 3 is 2.02 bits per heavy atom. The van der Waals surface area contributed by atoms with Crippen LogP contribution >= 0.6 is 19.4 Å². The number of halogens is 1. The van der Waals surface area contributed by atoms with E-state index in [2.05, 4.69) is 37.5 Å². The number of phosphoric acid groups is 1. The lowest BCUT2D eigenvalue weighted by atomic mass is 9.85. The van der Waals surface area contributed by atoms with Gasteiger partial charge in [-0.15, -0.1) is 0 Å². The fourth-order valence-electron chi connectivity index (χ4n) is 7.83. The molecule has 0 radical (unpaired) electrons. The number of benzene rings is 1. The zero-order chi connectivity index (χ0) is 36.3. The first-order chi connectivity index (χ1) is 22.8. The lowest BCUT2D eigenvalue weighted by Crippen LogP contribution is -2.53. The maximum Gasteiger partial charge on any atom is 0.466 e. The van der Waals surface area contributed by atoms with Gasteiger partial charge in [-0.1, -0.05) is 44.5 Å². The number of likely N-dealkylation sites (tertiary alicyclic amines) is 2. The Morgan fingerprint density at radius 2 is 1.49 bits per heavy atom. The number of hydrogen-bond donors (Lipinski definition) is 3. The Hall–Kier alpha value is -2.05. The minimum absolute atomic E-state index is 0.00733. The summed E-state index contributed by atoms with van der Waals surface area (Å²) in [6, 6.07) is 7.28. The second-order valence-electron chi connectivity index (χ2n) is 15.5. The van der Waals surface area contributed by atoms with Gasteiger partial charge in [-0.05, 0) is 76.5 Å². The molecule has 14 heteroatoms. The highest BCUT2D eigenvalue weighted by molar-refractivity contribution is 7.45. The van der Waals surface area contributed by atoms with E-state index in [1.807, 2.05) is 47.9 Å². The van der Waals surface area contributed by atoms with Crippen molar-refractivity contribution in [3.8, 4) is 0 Å². The van der Waals surface area contributed by atoms with E-state index in [1.54, 1.807) is 0 Å². The average molecular weight is 727 g/mol. The monoisotopic (exact) mass is 726 g/mol. The summed E-state index contributed by atoms with van der Waals surface area (Å²) in [7, 11) is -4.64. The summed E-state index contributed by atoms with van der Waals surface area (Å²) in [5, 5.41) is 0.674. The van der Waals surface area contributed by atoms with Crippen LogP contribution in [0.2, 0.25) is 5.02 Å². The summed E-state index contributed by atoms with van der Waals surface area (Å²) < 4.78 is 14.4. The van der Waals surface area contributed by atoms with E-state index in [0.717, 1.165) is 37.8 Å². The third-order valence-corrected chi connectivity index (χ3v) is 10.8. The molecular formula is C35H56ClN4O8P. The van der Waals surface area contributed by atoms with E-state index in [4.69, 9.17) is 35.6 Å². The summed E-state index contributed by atoms with van der Waals surface area (Å²) >= 11 is 6.25. The van der Waals surface area contributed by atoms with Crippen LogP contribution in [-0.2, 0) is 23.7 Å². The Balaban J connectivity index is 0.00000101. The van der Waals surface area contributed by atoms with Crippen LogP contribution in [0, 0.1) is 17.8 Å². The van der Waals surface area contributed by atoms with Gasteiger partial charge in [-0.25, -0.2) is 4.57 Å². The number of carbonyl (C=O) groups is 3. The van der Waals surface area contributed by atoms with Gasteiger partial charge < -0.3 is 34.1 Å². The molecule has 1 aliphatic carbocycles. The second-order valence-corrected chi connectivity index (χ2v) is 17.0. The molecule has 0 aromatic heterocycles. The van der Waals surface area contributed by atoms with Gasteiger partial charge in [0.1, 0.15) is 6.04 Å². The number of carbonyl (C=O) groups excluding carboxylic acids is 3. The summed E-state index contributed by atoms with van der Waals surface area (Å²) in [6.07, 6.45) is 4.66. The van der Waals surface area contributed by atoms with E-state index in [0.29, 0.717) is 56.8 Å². The first-order valence-electron chi connectivity index (χ1n) is 17.6. The van der Waals surface area contributed by atoms with Crippen LogP contribution in [0.5, 0.6) is 0 Å². The molecule has 12 nitrogen and oxygen atoms in total. The summed E-state index contributed by atoms with van der Waals surface area (Å²) in [5.41, 5.74) is 0.994. The summed E-state index contributed by atoms with van der Waals surface area (Å²) in [4.78, 5) is 72.6. The van der Waals surface area contributed by atoms with Gasteiger partial charge in [-0.3, -0.25) is 19.3 Å². The Kier molecular flexibility index (Phi) is 13.4. The molecule has 1 saturated carbocycles. The molecule has 3 aliphatic heterocycles. The highest BCUT2D eigenvalue weighted by Gasteiger charge is 2.51. The molecular weight excluding hydrogens is 671 g/mol. The van der Waals surface area contributed by atoms with Gasteiger partial charge in [-0.2, -0.15) is 0 Å². The van der Waals surface area contributed by atoms with Gasteiger partial charge in [0.15, 0.2) is 0 Å². The molecule has 5 rings (SSSR count). The molecule has 49 heavy (non-hydrogen) atoms. The van der Waals surface area contributed by atoms with Crippen molar-refractivity contribution in [2.45, 2.75) is 103 Å². The Labute approximate surface area is 296 Å². The van der Waals surface area contributed by atoms with Crippen LogP contribution in [0.4, 0.5) is 0 Å². The highest BCUT2D eigenvalue weighted by atomic mass is 35.5. The van der Waals surface area contributed by atoms with Crippen LogP contribution < -0.4 is 0 Å². The van der Waals surface area contributed by atoms with E-state index >= 15 is 0 Å². The number of amides is 3. The SMILES string of the molecule is CC1CCC(N(C(=O)C(C)C)[C@H]2C[C@@H](C(=O)N3CCOCC3)N(C(=O)[C@@H]3CN(C(C)(C)C)C[C@H]3c3ccc(Cl)cc3)C2)CC1.O=P(O)(O)O. The van der Waals surface area contributed by atoms with Crippen molar-refractivity contribution in [3.05, 3.63) is 34.9 Å². The average Bonchev–Trinajstić information content (AvgIpc) is 3.67. The smallest absolute Gasteiger partial charge is 0.378 e. The van der Waals surface area contributed by atoms with Crippen molar-refractivity contribution < 1.29 is 38.4 Å². The lowest BCUT2D eigenvalue weighted by molar-refractivity contribution is -0.148. The van der Waals surface area contributed by atoms with Crippen LogP contribution in [0.3, 0.4) is 0 Å². The zero-order valence-corrected chi connectivity index (χ0v) is 31.5. The minimum atomic E-state index is -4.64. The van der Waals surface area contributed by atoms with E-state index in [9.17, 15) is 14.4 Å². The molecule has 1 aromatic carbocycles. The molecule has 0 spiro atoms. The molecule has 1 aromatic rings. The largest absolute Gasteiger partial charge is 0.466 e. The van der Waals surface area contributed by atoms with Crippen LogP contribution in [-0.4, -0.2) is 122 Å². The molecule has 3 saturated heterocycles. The van der Waals surface area contributed by atoms with Crippen molar-refractivity contribution in [2.75, 3.05) is 45.9 Å². The number of morpholine rings is 1. The molecule has 3 N–H and O–H groups in total. The molecule has 4 aliphatic rings. The van der Waals surface area contributed by atoms with Crippen LogP contribution in [0.25, 0.3) is 0 Å². The maximum absolute atomic E-state index is 14.8. The van der Waals surface area contributed by atoms with Crippen molar-refractivity contribution in [2.24, 2.45) is 17.8 Å². The van der Waals surface area contributed by atoms with E-state index < -0.39 is 13.9 Å². The normalized spacial score (nSPS) is 28.3. The van der Waals surface area contributed by atoms with Gasteiger partial charge in [0, 0.05) is 61.2 Å². The van der Waals surface area contributed by atoms with Crippen LogP contribution in [0.15, 0.2) is 24.3 Å². The second kappa shape index (κ2) is 16.5. The van der Waals surface area contributed by atoms with Crippen molar-refractivity contribution in [3.63, 3.8) is 0 Å². The molecule has 3 amide bonds. The number of ether oxygens (including phenoxy) is 1. The third-order valence-electron chi connectivity index (χ3n) is 10.6. The predicted molar refractivity (Wildman–Crippen MR) is 188 cm³/mol. The van der Waals surface area contributed by atoms with Crippen molar-refractivity contribution in [1.82, 2.24) is 19.6 Å². The van der Waals surface area contributed by atoms with Gasteiger partial charge >= 0.3 is 7.82 Å². The van der Waals surface area contributed by atoms with Crippen molar-refractivity contribution >= 4 is 37.1 Å². The molecule has 4 fully saturated rings. The third kappa shape index (κ3) is 10.5. The summed E-state index contributed by atoms with van der Waals surface area (Å²) in [5.74, 6) is 0.381. The first-order valence-corrected chi connectivity index (χ1v) is 19.6. The molecule has 4 atom stereocenters. The quantitative estimate of drug-likeness (QED) is 0.368. The van der Waals surface area contributed by atoms with Gasteiger partial charge in [0.05, 0.1) is 25.2 Å². The first kappa shape index (κ1) is 39.7. The predicted octanol–water partition coefficient (Wildman–Crippen LogP) is 4.12. The van der Waals surface area contributed by atoms with Gasteiger partial charge in [0.25, 0.3) is 0 Å². The zero-order valence-electron chi connectivity index (χ0n) is 29.8. The van der Waals surface area contributed by atoms with Crippen molar-refractivity contribution in [1.29, 1.82) is 0 Å². The highest BCUT2D eigenvalue weighted by Crippen LogP contribution is 2.40. The summed E-state index contributed by atoms with van der Waals surface area (Å²) in [6.45, 7) is 16.7. The Morgan fingerprint density at radius 1 is 0.918 bits per heavy atom. The lowest BCUT2D eigenvalue weighted by Gasteiger charge is -2.41. The number of hydrogen-bond acceptors (Lipinski definition) is 6. The maximum atomic E-state index is 14.8. The fraction of sp³-hybridized carbons (Fsp3) is 0.743. The molecule has 0 bridgehead atoms. The number of rotatable bonds is 6. The minimum Gasteiger partial charge on any atom is -0.378 e. The molecule has 276 valence electrons. The fourth-order valence-corrected chi connectivity index (χ4v) is 7.95. The molecule has 0 unspecified atom stereocenters.